The van der Waals surface area contributed by atoms with Crippen LogP contribution in [0, 0.1) is 0 Å². The number of benzene rings is 1. The molecule has 0 amide bonds. The van der Waals surface area contributed by atoms with Gasteiger partial charge >= 0.3 is 0 Å². The molecule has 0 saturated heterocycles. The molecule has 0 radical (unpaired) electrons. The fourth-order valence-corrected chi connectivity index (χ4v) is 3.69. The lowest BCUT2D eigenvalue weighted by Crippen LogP contribution is -2.19. The van der Waals surface area contributed by atoms with E-state index in [1.165, 1.54) is 23.4 Å². The van der Waals surface area contributed by atoms with Crippen LogP contribution in [0.5, 0.6) is 0 Å². The summed E-state index contributed by atoms with van der Waals surface area (Å²) in [7, 11) is 2.02. The predicted molar refractivity (Wildman–Crippen MR) is 83.7 cm³/mol. The van der Waals surface area contributed by atoms with Crippen LogP contribution < -0.4 is 5.32 Å². The molecule has 1 aromatic rings. The molecule has 0 aliphatic carbocycles. The molecule has 1 aliphatic heterocycles. The highest BCUT2D eigenvalue weighted by atomic mass is 127. The van der Waals surface area contributed by atoms with Gasteiger partial charge < -0.3 is 5.32 Å². The normalized spacial score (nSPS) is 21.0. The monoisotopic (exact) mass is 428 g/mol. The van der Waals surface area contributed by atoms with Crippen molar-refractivity contribution in [3.8, 4) is 0 Å². The summed E-state index contributed by atoms with van der Waals surface area (Å²) >= 11 is 6.88. The number of halogens is 2. The Morgan fingerprint density at radius 1 is 1.59 bits per heavy atom. The van der Waals surface area contributed by atoms with E-state index in [9.17, 15) is 0 Å². The summed E-state index contributed by atoms with van der Waals surface area (Å²) in [5.41, 5.74) is 2.75. The van der Waals surface area contributed by atoms with Crippen LogP contribution in [-0.2, 0) is 9.06 Å². The number of hydrogen-bond donors (Lipinski definition) is 1. The Kier molecular flexibility index (Phi) is 5.56. The zero-order valence-corrected chi connectivity index (χ0v) is 14.0. The molecule has 1 N–H and O–H groups in total. The van der Waals surface area contributed by atoms with Crippen molar-refractivity contribution in [3.05, 3.63) is 33.8 Å². The highest BCUT2D eigenvalue weighted by Crippen LogP contribution is 2.31. The predicted octanol–water partition coefficient (Wildman–Crippen LogP) is 3.85. The van der Waals surface area contributed by atoms with Gasteiger partial charge in [0.05, 0.1) is 12.2 Å². The molecule has 17 heavy (non-hydrogen) atoms. The standard InChI is InChI=1S/C11H14BrIN2OS/c1-14-11-4-5-15(17-16-13)7-8-6-9(12)2-3-10(8)11/h2-3,6,11,14H,4-5,7H2,1H3. The average molecular weight is 429 g/mol. The minimum absolute atomic E-state index is 0.429. The molecule has 0 saturated carbocycles. The van der Waals surface area contributed by atoms with Crippen molar-refractivity contribution in [1.82, 2.24) is 9.62 Å². The van der Waals surface area contributed by atoms with Gasteiger partial charge in [0.1, 0.15) is 23.0 Å². The summed E-state index contributed by atoms with van der Waals surface area (Å²) in [6.45, 7) is 1.94. The Hall–Kier alpha value is 0.660. The van der Waals surface area contributed by atoms with E-state index in [0.717, 1.165) is 24.0 Å². The molecule has 2 rings (SSSR count). The smallest absolute Gasteiger partial charge is 0.129 e. The van der Waals surface area contributed by atoms with Crippen LogP contribution in [-0.4, -0.2) is 17.9 Å². The lowest BCUT2D eigenvalue weighted by Gasteiger charge is -2.16. The maximum absolute atomic E-state index is 5.13. The lowest BCUT2D eigenvalue weighted by atomic mass is 10.00. The van der Waals surface area contributed by atoms with E-state index < -0.39 is 0 Å². The minimum atomic E-state index is 0.429. The second-order valence-corrected chi connectivity index (χ2v) is 6.76. The van der Waals surface area contributed by atoms with E-state index in [4.69, 9.17) is 2.51 Å². The van der Waals surface area contributed by atoms with Crippen LogP contribution >= 0.6 is 51.2 Å². The number of rotatable bonds is 3. The Morgan fingerprint density at radius 3 is 3.12 bits per heavy atom. The molecule has 0 aromatic heterocycles. The second-order valence-electron chi connectivity index (χ2n) is 3.97. The van der Waals surface area contributed by atoms with E-state index in [2.05, 4.69) is 43.8 Å². The van der Waals surface area contributed by atoms with Crippen LogP contribution in [0.1, 0.15) is 23.6 Å². The topological polar surface area (TPSA) is 24.5 Å². The molecular weight excluding hydrogens is 415 g/mol. The first kappa shape index (κ1) is 14.1. The van der Waals surface area contributed by atoms with Crippen LogP contribution in [0.3, 0.4) is 0 Å². The Balaban J connectivity index is 2.29. The molecule has 1 aromatic carbocycles. The van der Waals surface area contributed by atoms with Gasteiger partial charge in [-0.25, -0.2) is 6.82 Å². The third kappa shape index (κ3) is 3.57. The summed E-state index contributed by atoms with van der Waals surface area (Å²) < 4.78 is 8.51. The first-order chi connectivity index (χ1) is 8.24. The zero-order valence-electron chi connectivity index (χ0n) is 9.45. The molecule has 94 valence electrons. The molecule has 6 heteroatoms. The van der Waals surface area contributed by atoms with Gasteiger partial charge in [0.15, 0.2) is 0 Å². The first-order valence-corrected chi connectivity index (χ1v) is 7.77. The van der Waals surface area contributed by atoms with Gasteiger partial charge in [0.2, 0.25) is 0 Å². The number of fused-ring (bicyclic) bond motifs is 1. The third-order valence-corrected chi connectivity index (χ3v) is 4.53. The molecule has 3 nitrogen and oxygen atoms in total. The van der Waals surface area contributed by atoms with Crippen molar-refractivity contribution in [2.45, 2.75) is 19.0 Å². The van der Waals surface area contributed by atoms with Crippen LogP contribution in [0.15, 0.2) is 22.7 Å². The molecule has 1 unspecified atom stereocenters. The summed E-state index contributed by atoms with van der Waals surface area (Å²) in [5, 5.41) is 3.39. The SMILES string of the molecule is CNC1CCN(SOI)Cc2cc(Br)ccc21. The summed E-state index contributed by atoms with van der Waals surface area (Å²) in [5.74, 6) is 0. The molecular formula is C11H14BrIN2OS. The molecule has 1 heterocycles. The third-order valence-electron chi connectivity index (χ3n) is 2.98. The largest absolute Gasteiger partial charge is 0.313 e. The molecule has 0 bridgehead atoms. The van der Waals surface area contributed by atoms with Crippen molar-refractivity contribution in [1.29, 1.82) is 0 Å². The summed E-state index contributed by atoms with van der Waals surface area (Å²) in [4.78, 5) is 0. The fraction of sp³-hybridized carbons (Fsp3) is 0.455. The van der Waals surface area contributed by atoms with Gasteiger partial charge in [0.25, 0.3) is 0 Å². The van der Waals surface area contributed by atoms with E-state index in [1.54, 1.807) is 0 Å². The zero-order chi connectivity index (χ0) is 12.3. The van der Waals surface area contributed by atoms with E-state index in [-0.39, 0.29) is 0 Å². The van der Waals surface area contributed by atoms with Crippen molar-refractivity contribution < 1.29 is 2.51 Å². The van der Waals surface area contributed by atoms with Crippen LogP contribution in [0.2, 0.25) is 0 Å². The van der Waals surface area contributed by atoms with Crippen LogP contribution in [0.25, 0.3) is 0 Å². The van der Waals surface area contributed by atoms with Crippen LogP contribution in [0.4, 0.5) is 0 Å². The average Bonchev–Trinajstić information content (AvgIpc) is 2.48. The highest BCUT2D eigenvalue weighted by Gasteiger charge is 2.22. The van der Waals surface area contributed by atoms with Crippen molar-refractivity contribution >= 4 is 51.2 Å². The van der Waals surface area contributed by atoms with Gasteiger partial charge in [-0.1, -0.05) is 22.0 Å². The number of nitrogens with zero attached hydrogens (tertiary/aromatic N) is 1. The molecule has 0 fully saturated rings. The maximum Gasteiger partial charge on any atom is 0.129 e. The van der Waals surface area contributed by atoms with Crippen molar-refractivity contribution in [2.24, 2.45) is 0 Å². The molecule has 1 aliphatic rings. The lowest BCUT2D eigenvalue weighted by molar-refractivity contribution is 0.426. The van der Waals surface area contributed by atoms with Gasteiger partial charge in [-0.15, -0.1) is 0 Å². The maximum atomic E-state index is 5.13. The highest BCUT2D eigenvalue weighted by molar-refractivity contribution is 14.1. The van der Waals surface area contributed by atoms with Gasteiger partial charge in [-0.2, -0.15) is 0 Å². The Morgan fingerprint density at radius 2 is 2.41 bits per heavy atom. The quantitative estimate of drug-likeness (QED) is 0.449. The summed E-state index contributed by atoms with van der Waals surface area (Å²) in [6.07, 6.45) is 1.10. The van der Waals surface area contributed by atoms with Crippen molar-refractivity contribution in [3.63, 3.8) is 0 Å². The Labute approximate surface area is 129 Å². The molecule has 0 spiro atoms. The fourth-order valence-electron chi connectivity index (χ4n) is 2.15. The minimum Gasteiger partial charge on any atom is -0.313 e. The number of nitrogens with one attached hydrogen (secondary N) is 1. The van der Waals surface area contributed by atoms with E-state index in [1.807, 2.05) is 30.1 Å². The van der Waals surface area contributed by atoms with E-state index >= 15 is 0 Å². The second kappa shape index (κ2) is 6.72. The first-order valence-electron chi connectivity index (χ1n) is 5.40. The van der Waals surface area contributed by atoms with Gasteiger partial charge in [-0.05, 0) is 36.7 Å². The van der Waals surface area contributed by atoms with Crippen molar-refractivity contribution in [2.75, 3.05) is 13.6 Å². The molecule has 1 atom stereocenters. The van der Waals surface area contributed by atoms with Gasteiger partial charge in [0, 0.05) is 23.6 Å². The summed E-state index contributed by atoms with van der Waals surface area (Å²) in [6, 6.07) is 6.95. The van der Waals surface area contributed by atoms with E-state index in [0.29, 0.717) is 6.04 Å². The Bertz CT molecular complexity index is 394. The number of hydrogen-bond acceptors (Lipinski definition) is 4. The van der Waals surface area contributed by atoms with Gasteiger partial charge in [-0.3, -0.25) is 0 Å².